The van der Waals surface area contributed by atoms with Crippen LogP contribution in [0.2, 0.25) is 0 Å². The summed E-state index contributed by atoms with van der Waals surface area (Å²) in [6.07, 6.45) is 0. The summed E-state index contributed by atoms with van der Waals surface area (Å²) < 4.78 is 0. The van der Waals surface area contributed by atoms with E-state index in [1.807, 2.05) is 6.92 Å². The van der Waals surface area contributed by atoms with Crippen LogP contribution in [-0.2, 0) is 0 Å². The average Bonchev–Trinajstić information content (AvgIpc) is 2.21. The lowest BCUT2D eigenvalue weighted by molar-refractivity contribution is 0.649. The highest BCUT2D eigenvalue weighted by atomic mass is 32.2. The van der Waals surface area contributed by atoms with E-state index in [4.69, 9.17) is 5.84 Å². The van der Waals surface area contributed by atoms with E-state index in [1.54, 1.807) is 11.8 Å². The van der Waals surface area contributed by atoms with Crippen LogP contribution in [0.5, 0.6) is 0 Å². The zero-order valence-corrected chi connectivity index (χ0v) is 10.1. The maximum Gasteiger partial charge on any atom is 0.0508 e. The number of nitrogens with two attached hydrogens (primary N) is 1. The molecule has 0 aliphatic heterocycles. The van der Waals surface area contributed by atoms with E-state index < -0.39 is 0 Å². The largest absolute Gasteiger partial charge is 0.271 e. The van der Waals surface area contributed by atoms with Crippen molar-refractivity contribution in [1.82, 2.24) is 5.43 Å². The van der Waals surface area contributed by atoms with Gasteiger partial charge in [0.25, 0.3) is 0 Å². The standard InChI is InChI=1S/C12H18N2S/c1-9(2)12(14-13)8-15-11-6-4-10(3)5-7-11/h4-7,12,14H,1,8,13H2,2-3H3. The maximum atomic E-state index is 5.44. The van der Waals surface area contributed by atoms with Crippen LogP contribution in [0.25, 0.3) is 0 Å². The first-order valence-electron chi connectivity index (χ1n) is 4.94. The van der Waals surface area contributed by atoms with E-state index in [0.717, 1.165) is 11.3 Å². The van der Waals surface area contributed by atoms with Crippen LogP contribution in [0.4, 0.5) is 0 Å². The lowest BCUT2D eigenvalue weighted by Gasteiger charge is -2.15. The van der Waals surface area contributed by atoms with Gasteiger partial charge in [0.2, 0.25) is 0 Å². The Morgan fingerprint density at radius 3 is 2.53 bits per heavy atom. The molecule has 3 N–H and O–H groups in total. The SMILES string of the molecule is C=C(C)C(CSc1ccc(C)cc1)NN. The van der Waals surface area contributed by atoms with Crippen molar-refractivity contribution in [2.75, 3.05) is 5.75 Å². The van der Waals surface area contributed by atoms with Gasteiger partial charge in [0.05, 0.1) is 6.04 Å². The number of benzene rings is 1. The van der Waals surface area contributed by atoms with Crippen LogP contribution in [0, 0.1) is 6.92 Å². The van der Waals surface area contributed by atoms with Gasteiger partial charge < -0.3 is 0 Å². The molecule has 0 fully saturated rings. The predicted molar refractivity (Wildman–Crippen MR) is 67.8 cm³/mol. The van der Waals surface area contributed by atoms with Gasteiger partial charge in [-0.1, -0.05) is 29.8 Å². The fourth-order valence-corrected chi connectivity index (χ4v) is 2.22. The third kappa shape index (κ3) is 4.08. The second-order valence-electron chi connectivity index (χ2n) is 3.69. The second-order valence-corrected chi connectivity index (χ2v) is 4.78. The summed E-state index contributed by atoms with van der Waals surface area (Å²) in [4.78, 5) is 1.27. The zero-order chi connectivity index (χ0) is 11.3. The number of hydrazine groups is 1. The number of hydrogen-bond donors (Lipinski definition) is 2. The van der Waals surface area contributed by atoms with Crippen LogP contribution >= 0.6 is 11.8 Å². The summed E-state index contributed by atoms with van der Waals surface area (Å²) in [5.41, 5.74) is 5.11. The van der Waals surface area contributed by atoms with Crippen LogP contribution in [-0.4, -0.2) is 11.8 Å². The first-order chi connectivity index (χ1) is 7.13. The summed E-state index contributed by atoms with van der Waals surface area (Å²) in [6, 6.07) is 8.68. The Kier molecular flexibility index (Phi) is 4.88. The topological polar surface area (TPSA) is 38.0 Å². The molecule has 15 heavy (non-hydrogen) atoms. The third-order valence-electron chi connectivity index (χ3n) is 2.23. The number of nitrogens with one attached hydrogen (secondary N) is 1. The molecule has 0 bridgehead atoms. The molecule has 0 spiro atoms. The van der Waals surface area contributed by atoms with Gasteiger partial charge in [-0.25, -0.2) is 0 Å². The second kappa shape index (κ2) is 5.95. The van der Waals surface area contributed by atoms with Crippen LogP contribution < -0.4 is 11.3 Å². The zero-order valence-electron chi connectivity index (χ0n) is 9.29. The Morgan fingerprint density at radius 2 is 2.07 bits per heavy atom. The molecular formula is C12H18N2S. The predicted octanol–water partition coefficient (Wildman–Crippen LogP) is 2.50. The van der Waals surface area contributed by atoms with Crippen molar-refractivity contribution >= 4 is 11.8 Å². The van der Waals surface area contributed by atoms with E-state index in [9.17, 15) is 0 Å². The monoisotopic (exact) mass is 222 g/mol. The molecule has 0 saturated carbocycles. The molecule has 1 atom stereocenters. The summed E-state index contributed by atoms with van der Waals surface area (Å²) in [6.45, 7) is 7.97. The highest BCUT2D eigenvalue weighted by molar-refractivity contribution is 7.99. The molecule has 0 aromatic heterocycles. The van der Waals surface area contributed by atoms with Gasteiger partial charge in [0.1, 0.15) is 0 Å². The van der Waals surface area contributed by atoms with Gasteiger partial charge in [-0.3, -0.25) is 11.3 Å². The Morgan fingerprint density at radius 1 is 1.47 bits per heavy atom. The van der Waals surface area contributed by atoms with Gasteiger partial charge >= 0.3 is 0 Å². The van der Waals surface area contributed by atoms with Gasteiger partial charge in [0.15, 0.2) is 0 Å². The molecule has 82 valence electrons. The molecular weight excluding hydrogens is 204 g/mol. The van der Waals surface area contributed by atoms with E-state index >= 15 is 0 Å². The Hall–Kier alpha value is -0.770. The van der Waals surface area contributed by atoms with Crippen molar-refractivity contribution in [3.63, 3.8) is 0 Å². The van der Waals surface area contributed by atoms with Gasteiger partial charge in [-0.15, -0.1) is 11.8 Å². The lowest BCUT2D eigenvalue weighted by Crippen LogP contribution is -2.37. The summed E-state index contributed by atoms with van der Waals surface area (Å²) in [5, 5.41) is 0. The molecule has 1 unspecified atom stereocenters. The number of hydrogen-bond acceptors (Lipinski definition) is 3. The van der Waals surface area contributed by atoms with E-state index in [2.05, 4.69) is 43.2 Å². The molecule has 0 aliphatic rings. The minimum Gasteiger partial charge on any atom is -0.271 e. The minimum atomic E-state index is 0.177. The van der Waals surface area contributed by atoms with Crippen molar-refractivity contribution in [3.8, 4) is 0 Å². The molecule has 3 heteroatoms. The van der Waals surface area contributed by atoms with Gasteiger partial charge in [-0.2, -0.15) is 0 Å². The maximum absolute atomic E-state index is 5.44. The molecule has 0 aliphatic carbocycles. The van der Waals surface area contributed by atoms with Crippen LogP contribution in [0.15, 0.2) is 41.3 Å². The highest BCUT2D eigenvalue weighted by Gasteiger charge is 2.07. The summed E-state index contributed by atoms with van der Waals surface area (Å²) >= 11 is 1.79. The summed E-state index contributed by atoms with van der Waals surface area (Å²) in [7, 11) is 0. The van der Waals surface area contributed by atoms with Crippen molar-refractivity contribution < 1.29 is 0 Å². The van der Waals surface area contributed by atoms with Crippen LogP contribution in [0.1, 0.15) is 12.5 Å². The number of rotatable bonds is 5. The molecule has 1 rings (SSSR count). The highest BCUT2D eigenvalue weighted by Crippen LogP contribution is 2.20. The first-order valence-corrected chi connectivity index (χ1v) is 5.93. The summed E-state index contributed by atoms with van der Waals surface area (Å²) in [5.74, 6) is 6.35. The fraction of sp³-hybridized carbons (Fsp3) is 0.333. The van der Waals surface area contributed by atoms with E-state index in [0.29, 0.717) is 0 Å². The van der Waals surface area contributed by atoms with Gasteiger partial charge in [-0.05, 0) is 26.0 Å². The van der Waals surface area contributed by atoms with Crippen molar-refractivity contribution in [1.29, 1.82) is 0 Å². The normalized spacial score (nSPS) is 12.5. The van der Waals surface area contributed by atoms with Gasteiger partial charge in [0, 0.05) is 10.6 Å². The number of thioether (sulfide) groups is 1. The van der Waals surface area contributed by atoms with Crippen molar-refractivity contribution in [2.45, 2.75) is 24.8 Å². The molecule has 2 nitrogen and oxygen atoms in total. The average molecular weight is 222 g/mol. The molecule has 1 aromatic carbocycles. The van der Waals surface area contributed by atoms with Crippen molar-refractivity contribution in [2.24, 2.45) is 5.84 Å². The Labute approximate surface area is 95.9 Å². The van der Waals surface area contributed by atoms with Crippen molar-refractivity contribution in [3.05, 3.63) is 42.0 Å². The fourth-order valence-electron chi connectivity index (χ4n) is 1.15. The smallest absolute Gasteiger partial charge is 0.0508 e. The third-order valence-corrected chi connectivity index (χ3v) is 3.34. The molecule has 0 saturated heterocycles. The Balaban J connectivity index is 2.49. The molecule has 0 radical (unpaired) electrons. The molecule has 0 heterocycles. The molecule has 1 aromatic rings. The number of aryl methyl sites for hydroxylation is 1. The minimum absolute atomic E-state index is 0.177. The quantitative estimate of drug-likeness (QED) is 0.348. The lowest BCUT2D eigenvalue weighted by atomic mass is 10.2. The first kappa shape index (κ1) is 12.3. The Bertz CT molecular complexity index is 319. The molecule has 0 amide bonds. The van der Waals surface area contributed by atoms with Crippen LogP contribution in [0.3, 0.4) is 0 Å². The van der Waals surface area contributed by atoms with E-state index in [1.165, 1.54) is 10.5 Å². The van der Waals surface area contributed by atoms with E-state index in [-0.39, 0.29) is 6.04 Å².